The average molecular weight is 595 g/mol. The number of unbranched alkanes of at least 4 members (excludes halogenated alkanes) is 9. The number of piperidine rings is 1. The largest absolute Gasteiger partial charge is 0.493 e. The fourth-order valence-corrected chi connectivity index (χ4v) is 6.67. The Labute approximate surface area is 260 Å². The van der Waals surface area contributed by atoms with Crippen molar-refractivity contribution in [3.05, 3.63) is 59.4 Å². The molecule has 238 valence electrons. The van der Waals surface area contributed by atoms with Crippen molar-refractivity contribution in [3.8, 4) is 17.6 Å². The van der Waals surface area contributed by atoms with Gasteiger partial charge in [0.05, 0.1) is 31.8 Å². The van der Waals surface area contributed by atoms with Gasteiger partial charge in [0.25, 0.3) is 0 Å². The van der Waals surface area contributed by atoms with Crippen LogP contribution in [0.5, 0.6) is 11.5 Å². The number of ether oxygens (including phenoxy) is 2. The molecule has 0 amide bonds. The maximum absolute atomic E-state index is 13.3. The predicted molar refractivity (Wildman–Crippen MR) is 173 cm³/mol. The molecule has 0 saturated carbocycles. The van der Waals surface area contributed by atoms with Crippen LogP contribution >= 0.6 is 0 Å². The van der Waals surface area contributed by atoms with Gasteiger partial charge in [0.15, 0.2) is 11.5 Å². The highest BCUT2D eigenvalue weighted by molar-refractivity contribution is 5.47. The molecule has 0 aliphatic carbocycles. The predicted octanol–water partition coefficient (Wildman–Crippen LogP) is 9.14. The lowest BCUT2D eigenvalue weighted by molar-refractivity contribution is 0.0580. The van der Waals surface area contributed by atoms with Gasteiger partial charge in [-0.2, -0.15) is 5.26 Å². The summed E-state index contributed by atoms with van der Waals surface area (Å²) < 4.78 is 24.4. The number of nitriles is 1. The maximum atomic E-state index is 13.3. The Hall–Kier alpha value is -2.62. The number of likely N-dealkylation sites (tertiary alicyclic amines) is 1. The van der Waals surface area contributed by atoms with Crippen LogP contribution in [0.4, 0.5) is 4.39 Å². The first kappa shape index (κ1) is 34.9. The van der Waals surface area contributed by atoms with E-state index in [2.05, 4.69) is 17.9 Å². The van der Waals surface area contributed by atoms with Crippen molar-refractivity contribution in [1.82, 2.24) is 4.90 Å². The van der Waals surface area contributed by atoms with Crippen molar-refractivity contribution in [2.45, 2.75) is 115 Å². The second-order valence-electron chi connectivity index (χ2n) is 12.5. The van der Waals surface area contributed by atoms with Crippen LogP contribution in [0.25, 0.3) is 0 Å². The molecule has 1 N–H and O–H groups in total. The lowest BCUT2D eigenvalue weighted by Gasteiger charge is -2.35. The topological polar surface area (TPSA) is 65.7 Å². The smallest absolute Gasteiger partial charge is 0.161 e. The lowest BCUT2D eigenvalue weighted by atomic mass is 9.74. The molecule has 2 unspecified atom stereocenters. The number of halogens is 1. The Morgan fingerprint density at radius 3 is 2.02 bits per heavy atom. The molecule has 0 spiro atoms. The number of rotatable bonds is 20. The van der Waals surface area contributed by atoms with E-state index in [1.54, 1.807) is 26.4 Å². The van der Waals surface area contributed by atoms with Gasteiger partial charge in [-0.1, -0.05) is 89.3 Å². The fraction of sp³-hybridized carbons (Fsp3) is 0.649. The van der Waals surface area contributed by atoms with Crippen molar-refractivity contribution < 1.29 is 19.0 Å². The fourth-order valence-electron chi connectivity index (χ4n) is 6.67. The monoisotopic (exact) mass is 594 g/mol. The standard InChI is InChI=1S/C37H55FN2O3/c1-4-5-6-7-8-9-10-11-12-13-23-37(29-39,32-17-20-34(42-2)35(28-32)43-3)24-14-25-40-26-21-31(22-27-40)36(41)30-15-18-33(38)19-16-30/h15-20,28,31,36,41H,4-14,21-27H2,1-3H3. The molecule has 0 bridgehead atoms. The normalized spacial score (nSPS) is 16.4. The van der Waals surface area contributed by atoms with Crippen LogP contribution in [-0.4, -0.2) is 43.9 Å². The van der Waals surface area contributed by atoms with Gasteiger partial charge in [-0.15, -0.1) is 0 Å². The zero-order valence-corrected chi connectivity index (χ0v) is 27.0. The van der Waals surface area contributed by atoms with E-state index in [0.717, 1.165) is 75.7 Å². The number of methoxy groups -OCH3 is 2. The third kappa shape index (κ3) is 10.8. The number of aliphatic hydroxyl groups excluding tert-OH is 1. The molecule has 3 rings (SSSR count). The summed E-state index contributed by atoms with van der Waals surface area (Å²) in [6.45, 7) is 5.06. The van der Waals surface area contributed by atoms with E-state index in [9.17, 15) is 14.8 Å². The van der Waals surface area contributed by atoms with Crippen LogP contribution in [-0.2, 0) is 5.41 Å². The van der Waals surface area contributed by atoms with Crippen LogP contribution in [0, 0.1) is 23.1 Å². The molecule has 0 radical (unpaired) electrons. The first-order valence-corrected chi connectivity index (χ1v) is 16.8. The first-order chi connectivity index (χ1) is 21.0. The van der Waals surface area contributed by atoms with Gasteiger partial charge in [0.2, 0.25) is 0 Å². The van der Waals surface area contributed by atoms with Crippen LogP contribution < -0.4 is 9.47 Å². The first-order valence-electron chi connectivity index (χ1n) is 16.8. The summed E-state index contributed by atoms with van der Waals surface area (Å²) in [5.41, 5.74) is 1.25. The van der Waals surface area contributed by atoms with Gasteiger partial charge in [0, 0.05) is 0 Å². The molecular weight excluding hydrogens is 539 g/mol. The minimum atomic E-state index is -0.559. The van der Waals surface area contributed by atoms with Crippen LogP contribution in [0.15, 0.2) is 42.5 Å². The van der Waals surface area contributed by atoms with Crippen LogP contribution in [0.3, 0.4) is 0 Å². The van der Waals surface area contributed by atoms with Gasteiger partial charge in [-0.25, -0.2) is 4.39 Å². The minimum Gasteiger partial charge on any atom is -0.493 e. The molecule has 43 heavy (non-hydrogen) atoms. The molecule has 1 fully saturated rings. The number of nitrogens with zero attached hydrogens (tertiary/aromatic N) is 2. The molecule has 1 heterocycles. The van der Waals surface area contributed by atoms with Gasteiger partial charge >= 0.3 is 0 Å². The van der Waals surface area contributed by atoms with Crippen molar-refractivity contribution >= 4 is 0 Å². The van der Waals surface area contributed by atoms with Crippen LogP contribution in [0.2, 0.25) is 0 Å². The molecular formula is C37H55FN2O3. The third-order valence-corrected chi connectivity index (χ3v) is 9.48. The molecule has 1 saturated heterocycles. The number of hydrogen-bond acceptors (Lipinski definition) is 5. The highest BCUT2D eigenvalue weighted by Gasteiger charge is 2.33. The van der Waals surface area contributed by atoms with Crippen molar-refractivity contribution in [3.63, 3.8) is 0 Å². The van der Waals surface area contributed by atoms with Gasteiger partial charge < -0.3 is 19.5 Å². The zero-order valence-electron chi connectivity index (χ0n) is 27.0. The summed E-state index contributed by atoms with van der Waals surface area (Å²) >= 11 is 0. The van der Waals surface area contributed by atoms with E-state index in [1.165, 1.54) is 63.5 Å². The third-order valence-electron chi connectivity index (χ3n) is 9.48. The molecule has 5 nitrogen and oxygen atoms in total. The highest BCUT2D eigenvalue weighted by atomic mass is 19.1. The van der Waals surface area contributed by atoms with Crippen molar-refractivity contribution in [2.24, 2.45) is 5.92 Å². The van der Waals surface area contributed by atoms with E-state index in [0.29, 0.717) is 11.5 Å². The van der Waals surface area contributed by atoms with Gasteiger partial charge in [-0.05, 0) is 93.0 Å². The highest BCUT2D eigenvalue weighted by Crippen LogP contribution is 2.39. The van der Waals surface area contributed by atoms with E-state index in [1.807, 2.05) is 18.2 Å². The zero-order chi connectivity index (χ0) is 30.9. The lowest BCUT2D eigenvalue weighted by Crippen LogP contribution is -2.37. The molecule has 2 atom stereocenters. The number of benzene rings is 2. The quantitative estimate of drug-likeness (QED) is 0.155. The molecule has 1 aliphatic heterocycles. The van der Waals surface area contributed by atoms with E-state index in [-0.39, 0.29) is 11.7 Å². The Morgan fingerprint density at radius 1 is 0.860 bits per heavy atom. The summed E-state index contributed by atoms with van der Waals surface area (Å²) in [6, 6.07) is 15.0. The number of aliphatic hydroxyl groups is 1. The SMILES string of the molecule is CCCCCCCCCCCCC(C#N)(CCCN1CCC(C(O)c2ccc(F)cc2)CC1)c1ccc(OC)c(OC)c1. The van der Waals surface area contributed by atoms with Crippen molar-refractivity contribution in [2.75, 3.05) is 33.9 Å². The Balaban J connectivity index is 1.54. The van der Waals surface area contributed by atoms with E-state index >= 15 is 0 Å². The summed E-state index contributed by atoms with van der Waals surface area (Å²) in [5.74, 6) is 1.26. The summed E-state index contributed by atoms with van der Waals surface area (Å²) in [5, 5.41) is 21.5. The molecule has 2 aromatic carbocycles. The summed E-state index contributed by atoms with van der Waals surface area (Å²) in [4.78, 5) is 2.46. The average Bonchev–Trinajstić information content (AvgIpc) is 3.04. The Morgan fingerprint density at radius 2 is 1.44 bits per heavy atom. The van der Waals surface area contributed by atoms with Crippen LogP contribution in [0.1, 0.15) is 120 Å². The summed E-state index contributed by atoms with van der Waals surface area (Å²) in [6.07, 6.45) is 16.6. The maximum Gasteiger partial charge on any atom is 0.161 e. The molecule has 2 aromatic rings. The number of hydrogen-bond donors (Lipinski definition) is 1. The second kappa shape index (κ2) is 18.9. The molecule has 1 aliphatic rings. The van der Waals surface area contributed by atoms with E-state index in [4.69, 9.17) is 9.47 Å². The van der Waals surface area contributed by atoms with Crippen molar-refractivity contribution in [1.29, 1.82) is 5.26 Å². The van der Waals surface area contributed by atoms with Gasteiger partial charge in [-0.3, -0.25) is 0 Å². The molecule has 0 aromatic heterocycles. The Kier molecular flexibility index (Phi) is 15.3. The molecule has 6 heteroatoms. The van der Waals surface area contributed by atoms with E-state index < -0.39 is 11.5 Å². The Bertz CT molecular complexity index is 1090. The minimum absolute atomic E-state index is 0.183. The summed E-state index contributed by atoms with van der Waals surface area (Å²) in [7, 11) is 3.29. The van der Waals surface area contributed by atoms with Gasteiger partial charge in [0.1, 0.15) is 5.82 Å². The second-order valence-corrected chi connectivity index (χ2v) is 12.5.